The Bertz CT molecular complexity index is 107. The summed E-state index contributed by atoms with van der Waals surface area (Å²) in [6, 6.07) is 0.620. The second-order valence-electron chi connectivity index (χ2n) is 4.48. The Labute approximate surface area is 89.6 Å². The molecule has 86 valence electrons. The fraction of sp³-hybridized carbons (Fsp3) is 1.00. The van der Waals surface area contributed by atoms with E-state index in [-0.39, 0.29) is 0 Å². The fourth-order valence-electron chi connectivity index (χ4n) is 1.86. The SMILES string of the molecule is CCCC(CCN)CCCNC(C)C. The van der Waals surface area contributed by atoms with Crippen molar-refractivity contribution in [1.29, 1.82) is 0 Å². The normalized spacial score (nSPS) is 13.5. The van der Waals surface area contributed by atoms with Crippen LogP contribution in [0.5, 0.6) is 0 Å². The molecular formula is C12H28N2. The largest absolute Gasteiger partial charge is 0.330 e. The van der Waals surface area contributed by atoms with Gasteiger partial charge in [-0.25, -0.2) is 0 Å². The van der Waals surface area contributed by atoms with Crippen LogP contribution in [0.3, 0.4) is 0 Å². The first-order valence-electron chi connectivity index (χ1n) is 6.14. The van der Waals surface area contributed by atoms with Gasteiger partial charge < -0.3 is 11.1 Å². The van der Waals surface area contributed by atoms with Crippen molar-refractivity contribution in [2.24, 2.45) is 11.7 Å². The predicted octanol–water partition coefficient (Wildman–Crippen LogP) is 2.53. The molecule has 0 aromatic carbocycles. The molecule has 1 unspecified atom stereocenters. The highest BCUT2D eigenvalue weighted by molar-refractivity contribution is 4.61. The number of nitrogens with two attached hydrogens (primary N) is 1. The fourth-order valence-corrected chi connectivity index (χ4v) is 1.86. The lowest BCUT2D eigenvalue weighted by Gasteiger charge is -2.15. The van der Waals surface area contributed by atoms with E-state index in [0.29, 0.717) is 6.04 Å². The van der Waals surface area contributed by atoms with Gasteiger partial charge in [-0.2, -0.15) is 0 Å². The van der Waals surface area contributed by atoms with Crippen LogP contribution < -0.4 is 11.1 Å². The van der Waals surface area contributed by atoms with Crippen molar-refractivity contribution in [3.8, 4) is 0 Å². The van der Waals surface area contributed by atoms with E-state index in [0.717, 1.165) is 19.0 Å². The Morgan fingerprint density at radius 1 is 1.14 bits per heavy atom. The van der Waals surface area contributed by atoms with Crippen LogP contribution in [0.15, 0.2) is 0 Å². The third-order valence-electron chi connectivity index (χ3n) is 2.61. The molecule has 3 N–H and O–H groups in total. The molecule has 2 heteroatoms. The average molecular weight is 200 g/mol. The first-order chi connectivity index (χ1) is 6.70. The van der Waals surface area contributed by atoms with E-state index >= 15 is 0 Å². The minimum atomic E-state index is 0.620. The van der Waals surface area contributed by atoms with E-state index in [2.05, 4.69) is 26.1 Å². The summed E-state index contributed by atoms with van der Waals surface area (Å²) in [7, 11) is 0. The maximum absolute atomic E-state index is 5.60. The van der Waals surface area contributed by atoms with E-state index in [1.165, 1.54) is 32.1 Å². The number of hydrogen-bond donors (Lipinski definition) is 2. The first-order valence-corrected chi connectivity index (χ1v) is 6.14. The molecule has 0 heterocycles. The van der Waals surface area contributed by atoms with Crippen LogP contribution in [0.2, 0.25) is 0 Å². The minimum absolute atomic E-state index is 0.620. The van der Waals surface area contributed by atoms with Crippen LogP contribution in [0.25, 0.3) is 0 Å². The Hall–Kier alpha value is -0.0800. The Morgan fingerprint density at radius 2 is 1.86 bits per heavy atom. The third kappa shape index (κ3) is 8.52. The molecule has 0 radical (unpaired) electrons. The lowest BCUT2D eigenvalue weighted by atomic mass is 9.94. The highest BCUT2D eigenvalue weighted by atomic mass is 14.9. The molecular weight excluding hydrogens is 172 g/mol. The topological polar surface area (TPSA) is 38.0 Å². The zero-order valence-corrected chi connectivity index (χ0v) is 10.2. The summed E-state index contributed by atoms with van der Waals surface area (Å²) in [5.41, 5.74) is 5.60. The Morgan fingerprint density at radius 3 is 2.36 bits per heavy atom. The van der Waals surface area contributed by atoms with Crippen LogP contribution in [-0.4, -0.2) is 19.1 Å². The molecule has 2 nitrogen and oxygen atoms in total. The van der Waals surface area contributed by atoms with E-state index in [4.69, 9.17) is 5.73 Å². The second-order valence-corrected chi connectivity index (χ2v) is 4.48. The van der Waals surface area contributed by atoms with Crippen molar-refractivity contribution in [3.63, 3.8) is 0 Å². The van der Waals surface area contributed by atoms with Crippen molar-refractivity contribution >= 4 is 0 Å². The minimum Gasteiger partial charge on any atom is -0.330 e. The predicted molar refractivity (Wildman–Crippen MR) is 64.4 cm³/mol. The molecule has 0 aliphatic carbocycles. The Kier molecular flexibility index (Phi) is 9.42. The van der Waals surface area contributed by atoms with E-state index in [9.17, 15) is 0 Å². The molecule has 0 saturated heterocycles. The monoisotopic (exact) mass is 200 g/mol. The van der Waals surface area contributed by atoms with Gasteiger partial charge in [0.2, 0.25) is 0 Å². The molecule has 0 rings (SSSR count). The lowest BCUT2D eigenvalue weighted by Crippen LogP contribution is -2.24. The van der Waals surface area contributed by atoms with Crippen molar-refractivity contribution in [2.45, 2.75) is 58.9 Å². The molecule has 0 aliphatic heterocycles. The highest BCUT2D eigenvalue weighted by Crippen LogP contribution is 2.16. The summed E-state index contributed by atoms with van der Waals surface area (Å²) >= 11 is 0. The van der Waals surface area contributed by atoms with Crippen molar-refractivity contribution in [1.82, 2.24) is 5.32 Å². The quantitative estimate of drug-likeness (QED) is 0.561. The summed E-state index contributed by atoms with van der Waals surface area (Å²) in [5.74, 6) is 0.860. The van der Waals surface area contributed by atoms with Gasteiger partial charge in [-0.3, -0.25) is 0 Å². The molecule has 14 heavy (non-hydrogen) atoms. The Balaban J connectivity index is 3.40. The molecule has 0 amide bonds. The van der Waals surface area contributed by atoms with Gasteiger partial charge >= 0.3 is 0 Å². The van der Waals surface area contributed by atoms with Gasteiger partial charge in [0.1, 0.15) is 0 Å². The second kappa shape index (κ2) is 9.47. The van der Waals surface area contributed by atoms with Crippen molar-refractivity contribution < 1.29 is 0 Å². The van der Waals surface area contributed by atoms with E-state index < -0.39 is 0 Å². The number of hydrogen-bond acceptors (Lipinski definition) is 2. The van der Waals surface area contributed by atoms with Crippen LogP contribution in [0.4, 0.5) is 0 Å². The zero-order chi connectivity index (χ0) is 10.8. The summed E-state index contributed by atoms with van der Waals surface area (Å²) < 4.78 is 0. The molecule has 1 atom stereocenters. The van der Waals surface area contributed by atoms with E-state index in [1.54, 1.807) is 0 Å². The molecule has 0 bridgehead atoms. The van der Waals surface area contributed by atoms with Crippen molar-refractivity contribution in [2.75, 3.05) is 13.1 Å². The third-order valence-corrected chi connectivity index (χ3v) is 2.61. The molecule has 0 fully saturated rings. The summed E-state index contributed by atoms with van der Waals surface area (Å²) in [4.78, 5) is 0. The molecule has 0 spiro atoms. The van der Waals surface area contributed by atoms with Crippen molar-refractivity contribution in [3.05, 3.63) is 0 Å². The van der Waals surface area contributed by atoms with Gasteiger partial charge in [0.25, 0.3) is 0 Å². The summed E-state index contributed by atoms with van der Waals surface area (Å²) in [6.07, 6.45) is 6.48. The summed E-state index contributed by atoms with van der Waals surface area (Å²) in [5, 5.41) is 3.45. The van der Waals surface area contributed by atoms with E-state index in [1.807, 2.05) is 0 Å². The van der Waals surface area contributed by atoms with Crippen LogP contribution in [0, 0.1) is 5.92 Å². The van der Waals surface area contributed by atoms with Gasteiger partial charge in [0.15, 0.2) is 0 Å². The standard InChI is InChI=1S/C12H28N2/c1-4-6-12(8-9-13)7-5-10-14-11(2)3/h11-12,14H,4-10,13H2,1-3H3. The van der Waals surface area contributed by atoms with Gasteiger partial charge in [-0.15, -0.1) is 0 Å². The number of rotatable bonds is 9. The van der Waals surface area contributed by atoms with Gasteiger partial charge in [0.05, 0.1) is 0 Å². The van der Waals surface area contributed by atoms with Gasteiger partial charge in [-0.1, -0.05) is 33.6 Å². The van der Waals surface area contributed by atoms with Gasteiger partial charge in [0, 0.05) is 6.04 Å². The maximum atomic E-state index is 5.60. The highest BCUT2D eigenvalue weighted by Gasteiger charge is 2.06. The zero-order valence-electron chi connectivity index (χ0n) is 10.2. The van der Waals surface area contributed by atoms with Crippen LogP contribution in [0.1, 0.15) is 52.9 Å². The first kappa shape index (κ1) is 13.9. The van der Waals surface area contributed by atoms with Gasteiger partial charge in [-0.05, 0) is 38.3 Å². The smallest absolute Gasteiger partial charge is 0.00103 e. The summed E-state index contributed by atoms with van der Waals surface area (Å²) in [6.45, 7) is 8.66. The lowest BCUT2D eigenvalue weighted by molar-refractivity contribution is 0.399. The number of nitrogens with one attached hydrogen (secondary N) is 1. The molecule has 0 aliphatic rings. The molecule has 0 saturated carbocycles. The maximum Gasteiger partial charge on any atom is 0.00103 e. The van der Waals surface area contributed by atoms with Crippen LogP contribution in [-0.2, 0) is 0 Å². The molecule has 0 aromatic rings. The average Bonchev–Trinajstić information content (AvgIpc) is 2.12. The van der Waals surface area contributed by atoms with Crippen LogP contribution >= 0.6 is 0 Å². The molecule has 0 aromatic heterocycles.